The second-order valence-electron chi connectivity index (χ2n) is 4.07. The van der Waals surface area contributed by atoms with Crippen molar-refractivity contribution in [1.82, 2.24) is 4.98 Å². The van der Waals surface area contributed by atoms with Crippen molar-refractivity contribution in [3.63, 3.8) is 0 Å². The Morgan fingerprint density at radius 1 is 1.22 bits per heavy atom. The summed E-state index contributed by atoms with van der Waals surface area (Å²) < 4.78 is 0. The molecule has 4 nitrogen and oxygen atoms in total. The van der Waals surface area contributed by atoms with Gasteiger partial charge < -0.3 is 11.1 Å². The lowest BCUT2D eigenvalue weighted by Crippen LogP contribution is -2.32. The number of rotatable bonds is 3. The zero-order valence-corrected chi connectivity index (χ0v) is 10.1. The van der Waals surface area contributed by atoms with Crippen LogP contribution in [0.5, 0.6) is 0 Å². The van der Waals surface area contributed by atoms with E-state index in [0.717, 1.165) is 16.9 Å². The Morgan fingerprint density at radius 3 is 2.50 bits per heavy atom. The van der Waals surface area contributed by atoms with Gasteiger partial charge in [0, 0.05) is 17.4 Å². The summed E-state index contributed by atoms with van der Waals surface area (Å²) in [4.78, 5) is 15.7. The smallest absolute Gasteiger partial charge is 0.240 e. The molecule has 0 fully saturated rings. The number of amides is 1. The fraction of sp³-hybridized carbons (Fsp3) is 0.143. The summed E-state index contributed by atoms with van der Waals surface area (Å²) in [7, 11) is 0. The molecule has 1 aromatic heterocycles. The number of hydrogen-bond acceptors (Lipinski definition) is 3. The van der Waals surface area contributed by atoms with E-state index in [1.54, 1.807) is 13.1 Å². The molecule has 0 bridgehead atoms. The van der Waals surface area contributed by atoms with Crippen LogP contribution in [-0.2, 0) is 4.79 Å². The molecule has 3 N–H and O–H groups in total. The summed E-state index contributed by atoms with van der Waals surface area (Å²) in [6.45, 7) is 1.65. The van der Waals surface area contributed by atoms with Gasteiger partial charge in [-0.3, -0.25) is 9.78 Å². The number of nitrogens with two attached hydrogens (primary N) is 1. The van der Waals surface area contributed by atoms with Gasteiger partial charge >= 0.3 is 0 Å². The van der Waals surface area contributed by atoms with E-state index in [9.17, 15) is 4.79 Å². The molecule has 0 aliphatic heterocycles. The molecule has 2 aromatic rings. The first kappa shape index (κ1) is 12.3. The first-order chi connectivity index (χ1) is 8.66. The fourth-order valence-corrected chi connectivity index (χ4v) is 1.51. The zero-order valence-electron chi connectivity index (χ0n) is 10.1. The van der Waals surface area contributed by atoms with E-state index in [1.165, 1.54) is 0 Å². The number of aromatic nitrogens is 1. The molecular weight excluding hydrogens is 226 g/mol. The maximum Gasteiger partial charge on any atom is 0.240 e. The highest BCUT2D eigenvalue weighted by molar-refractivity contribution is 5.94. The van der Waals surface area contributed by atoms with Crippen LogP contribution in [0.3, 0.4) is 0 Å². The molecule has 0 aliphatic rings. The van der Waals surface area contributed by atoms with E-state index in [1.807, 2.05) is 42.5 Å². The van der Waals surface area contributed by atoms with Crippen LogP contribution in [0.1, 0.15) is 6.92 Å². The van der Waals surface area contributed by atoms with E-state index in [0.29, 0.717) is 0 Å². The number of nitrogens with one attached hydrogen (secondary N) is 1. The molecule has 1 atom stereocenters. The molecule has 92 valence electrons. The minimum atomic E-state index is -0.513. The highest BCUT2D eigenvalue weighted by Gasteiger charge is 2.07. The van der Waals surface area contributed by atoms with Gasteiger partial charge in [-0.15, -0.1) is 0 Å². The van der Waals surface area contributed by atoms with Crippen LogP contribution in [0, 0.1) is 0 Å². The molecule has 1 unspecified atom stereocenters. The molecular formula is C14H15N3O. The fourth-order valence-electron chi connectivity index (χ4n) is 1.51. The topological polar surface area (TPSA) is 68.0 Å². The van der Waals surface area contributed by atoms with Crippen molar-refractivity contribution in [2.75, 3.05) is 5.32 Å². The predicted octanol–water partition coefficient (Wildman–Crippen LogP) is 2.03. The summed E-state index contributed by atoms with van der Waals surface area (Å²) in [5.74, 6) is -0.194. The van der Waals surface area contributed by atoms with Crippen LogP contribution < -0.4 is 11.1 Å². The third kappa shape index (κ3) is 2.93. The van der Waals surface area contributed by atoms with Gasteiger partial charge in [-0.2, -0.15) is 0 Å². The number of carbonyl (C=O) groups is 1. The molecule has 0 aliphatic carbocycles. The second kappa shape index (κ2) is 5.42. The highest BCUT2D eigenvalue weighted by Crippen LogP contribution is 2.18. The van der Waals surface area contributed by atoms with E-state index in [2.05, 4.69) is 10.3 Å². The standard InChI is InChI=1S/C14H15N3O/c1-10(15)14(18)17-12-7-5-11(6-8-12)13-4-2-3-9-16-13/h2-10H,15H2,1H3,(H,17,18). The Morgan fingerprint density at radius 2 is 1.94 bits per heavy atom. The van der Waals surface area contributed by atoms with E-state index in [-0.39, 0.29) is 5.91 Å². The van der Waals surface area contributed by atoms with Crippen LogP contribution in [0.4, 0.5) is 5.69 Å². The van der Waals surface area contributed by atoms with Crippen LogP contribution >= 0.6 is 0 Å². The van der Waals surface area contributed by atoms with Gasteiger partial charge in [-0.25, -0.2) is 0 Å². The van der Waals surface area contributed by atoms with Crippen LogP contribution in [0.2, 0.25) is 0 Å². The maximum atomic E-state index is 11.4. The lowest BCUT2D eigenvalue weighted by molar-refractivity contribution is -0.117. The average molecular weight is 241 g/mol. The van der Waals surface area contributed by atoms with E-state index < -0.39 is 6.04 Å². The van der Waals surface area contributed by atoms with Gasteiger partial charge in [0.2, 0.25) is 5.91 Å². The van der Waals surface area contributed by atoms with Crippen molar-refractivity contribution in [3.05, 3.63) is 48.7 Å². The third-order valence-corrected chi connectivity index (χ3v) is 2.53. The second-order valence-corrected chi connectivity index (χ2v) is 4.07. The van der Waals surface area contributed by atoms with Crippen molar-refractivity contribution in [1.29, 1.82) is 0 Å². The summed E-state index contributed by atoms with van der Waals surface area (Å²) in [6.07, 6.45) is 1.75. The molecule has 18 heavy (non-hydrogen) atoms. The van der Waals surface area contributed by atoms with Crippen molar-refractivity contribution in [2.24, 2.45) is 5.73 Å². The van der Waals surface area contributed by atoms with Crippen LogP contribution in [-0.4, -0.2) is 16.9 Å². The largest absolute Gasteiger partial charge is 0.325 e. The first-order valence-corrected chi connectivity index (χ1v) is 5.75. The highest BCUT2D eigenvalue weighted by atomic mass is 16.2. The van der Waals surface area contributed by atoms with Crippen LogP contribution in [0.15, 0.2) is 48.7 Å². The Bertz CT molecular complexity index is 520. The minimum Gasteiger partial charge on any atom is -0.325 e. The molecule has 4 heteroatoms. The number of hydrogen-bond donors (Lipinski definition) is 2. The van der Waals surface area contributed by atoms with Gasteiger partial charge in [0.1, 0.15) is 0 Å². The SMILES string of the molecule is CC(N)C(=O)Nc1ccc(-c2ccccn2)cc1. The van der Waals surface area contributed by atoms with Gasteiger partial charge in [-0.05, 0) is 31.2 Å². The quantitative estimate of drug-likeness (QED) is 0.864. The van der Waals surface area contributed by atoms with Crippen LogP contribution in [0.25, 0.3) is 11.3 Å². The number of anilines is 1. The van der Waals surface area contributed by atoms with Crippen molar-refractivity contribution in [3.8, 4) is 11.3 Å². The van der Waals surface area contributed by atoms with E-state index in [4.69, 9.17) is 5.73 Å². The summed E-state index contributed by atoms with van der Waals surface area (Å²) in [6, 6.07) is 12.7. The number of carbonyl (C=O) groups excluding carboxylic acids is 1. The van der Waals surface area contributed by atoms with E-state index >= 15 is 0 Å². The molecule has 1 amide bonds. The van der Waals surface area contributed by atoms with Gasteiger partial charge in [0.05, 0.1) is 11.7 Å². The van der Waals surface area contributed by atoms with Gasteiger partial charge in [0.15, 0.2) is 0 Å². The Labute approximate surface area is 106 Å². The first-order valence-electron chi connectivity index (χ1n) is 5.75. The third-order valence-electron chi connectivity index (χ3n) is 2.53. The summed E-state index contributed by atoms with van der Waals surface area (Å²) in [5.41, 5.74) is 8.13. The number of nitrogens with zero attached hydrogens (tertiary/aromatic N) is 1. The predicted molar refractivity (Wildman–Crippen MR) is 72.0 cm³/mol. The van der Waals surface area contributed by atoms with Gasteiger partial charge in [-0.1, -0.05) is 18.2 Å². The molecule has 1 heterocycles. The van der Waals surface area contributed by atoms with Crippen molar-refractivity contribution in [2.45, 2.75) is 13.0 Å². The lowest BCUT2D eigenvalue weighted by Gasteiger charge is -2.08. The molecule has 0 saturated carbocycles. The van der Waals surface area contributed by atoms with Crippen molar-refractivity contribution >= 4 is 11.6 Å². The molecule has 0 radical (unpaired) electrons. The molecule has 0 spiro atoms. The van der Waals surface area contributed by atoms with Crippen molar-refractivity contribution < 1.29 is 4.79 Å². The number of benzene rings is 1. The molecule has 2 rings (SSSR count). The molecule has 0 saturated heterocycles. The Balaban J connectivity index is 2.13. The zero-order chi connectivity index (χ0) is 13.0. The monoisotopic (exact) mass is 241 g/mol. The normalized spacial score (nSPS) is 11.9. The number of pyridine rings is 1. The van der Waals surface area contributed by atoms with Gasteiger partial charge in [0.25, 0.3) is 0 Å². The summed E-state index contributed by atoms with van der Waals surface area (Å²) in [5, 5.41) is 2.74. The summed E-state index contributed by atoms with van der Waals surface area (Å²) >= 11 is 0. The Kier molecular flexibility index (Phi) is 3.69. The minimum absolute atomic E-state index is 0.194. The Hall–Kier alpha value is -2.20. The molecule has 1 aromatic carbocycles. The maximum absolute atomic E-state index is 11.4. The average Bonchev–Trinajstić information content (AvgIpc) is 2.40. The lowest BCUT2D eigenvalue weighted by atomic mass is 10.1.